The number of halogens is 1. The van der Waals surface area contributed by atoms with Crippen molar-refractivity contribution >= 4 is 45.8 Å². The third-order valence-electron chi connectivity index (χ3n) is 3.94. The van der Waals surface area contributed by atoms with Gasteiger partial charge in [0.15, 0.2) is 0 Å². The summed E-state index contributed by atoms with van der Waals surface area (Å²) in [4.78, 5) is 17.2. The molecule has 0 aliphatic heterocycles. The Morgan fingerprint density at radius 3 is 2.81 bits per heavy atom. The second-order valence-corrected chi connectivity index (χ2v) is 7.27. The van der Waals surface area contributed by atoms with Crippen molar-refractivity contribution in [2.75, 3.05) is 5.32 Å². The molecule has 0 bridgehead atoms. The first-order chi connectivity index (χ1) is 13.1. The molecule has 27 heavy (non-hydrogen) atoms. The van der Waals surface area contributed by atoms with Gasteiger partial charge in [-0.05, 0) is 30.7 Å². The zero-order valence-electron chi connectivity index (χ0n) is 14.4. The topological polar surface area (TPSA) is 59.3 Å². The monoisotopic (exact) mass is 394 g/mol. The lowest BCUT2D eigenvalue weighted by Gasteiger charge is -1.99. The van der Waals surface area contributed by atoms with Crippen LogP contribution in [-0.2, 0) is 4.79 Å². The maximum Gasteiger partial charge on any atom is 0.250 e. The molecule has 1 N–H and O–H groups in total. The summed E-state index contributed by atoms with van der Waals surface area (Å²) in [6, 6.07) is 15.5. The summed E-state index contributed by atoms with van der Waals surface area (Å²) in [5, 5.41) is 9.73. The molecule has 7 heteroatoms. The first-order valence-corrected chi connectivity index (χ1v) is 9.50. The van der Waals surface area contributed by atoms with Gasteiger partial charge < -0.3 is 0 Å². The van der Waals surface area contributed by atoms with Gasteiger partial charge in [0.1, 0.15) is 0 Å². The number of aromatic nitrogens is 3. The van der Waals surface area contributed by atoms with E-state index in [1.807, 2.05) is 36.6 Å². The van der Waals surface area contributed by atoms with Crippen molar-refractivity contribution in [2.24, 2.45) is 0 Å². The summed E-state index contributed by atoms with van der Waals surface area (Å²) in [5.41, 5.74) is 4.04. The van der Waals surface area contributed by atoms with Crippen molar-refractivity contribution in [2.45, 2.75) is 6.92 Å². The van der Waals surface area contributed by atoms with Crippen LogP contribution in [-0.4, -0.2) is 20.5 Å². The average molecular weight is 395 g/mol. The predicted molar refractivity (Wildman–Crippen MR) is 110 cm³/mol. The van der Waals surface area contributed by atoms with E-state index in [-0.39, 0.29) is 11.9 Å². The Morgan fingerprint density at radius 2 is 2.04 bits per heavy atom. The predicted octanol–water partition coefficient (Wildman–Crippen LogP) is 5.07. The molecule has 0 unspecified atom stereocenters. The molecule has 0 aliphatic carbocycles. The molecule has 2 aromatic carbocycles. The van der Waals surface area contributed by atoms with Crippen LogP contribution in [0.15, 0.2) is 60.0 Å². The number of benzene rings is 2. The van der Waals surface area contributed by atoms with E-state index in [2.05, 4.69) is 27.5 Å². The quantitative estimate of drug-likeness (QED) is 0.491. The van der Waals surface area contributed by atoms with Crippen molar-refractivity contribution in [3.63, 3.8) is 0 Å². The van der Waals surface area contributed by atoms with Gasteiger partial charge >= 0.3 is 0 Å². The van der Waals surface area contributed by atoms with E-state index < -0.39 is 0 Å². The zero-order chi connectivity index (χ0) is 18.8. The molecule has 0 radical (unpaired) electrons. The van der Waals surface area contributed by atoms with Crippen molar-refractivity contribution in [3.8, 4) is 11.3 Å². The number of thiazole rings is 1. The SMILES string of the molecule is Cc1ccc(-c2csc3nc(NC(=O)/C=C/c4cccc(Cl)c4)nn23)cc1. The fourth-order valence-electron chi connectivity index (χ4n) is 2.59. The number of nitrogens with zero attached hydrogens (tertiary/aromatic N) is 3. The molecule has 2 aromatic heterocycles. The third-order valence-corrected chi connectivity index (χ3v) is 4.99. The molecule has 5 nitrogen and oxygen atoms in total. The van der Waals surface area contributed by atoms with E-state index in [1.165, 1.54) is 23.0 Å². The summed E-state index contributed by atoms with van der Waals surface area (Å²) in [6.45, 7) is 2.05. The van der Waals surface area contributed by atoms with Crippen LogP contribution < -0.4 is 5.32 Å². The van der Waals surface area contributed by atoms with E-state index in [4.69, 9.17) is 11.6 Å². The van der Waals surface area contributed by atoms with Crippen LogP contribution >= 0.6 is 22.9 Å². The van der Waals surface area contributed by atoms with Gasteiger partial charge in [0, 0.05) is 22.0 Å². The summed E-state index contributed by atoms with van der Waals surface area (Å²) in [7, 11) is 0. The molecule has 0 fully saturated rings. The normalized spacial score (nSPS) is 11.3. The molecular weight excluding hydrogens is 380 g/mol. The fourth-order valence-corrected chi connectivity index (χ4v) is 3.62. The number of fused-ring (bicyclic) bond motifs is 1. The molecule has 134 valence electrons. The van der Waals surface area contributed by atoms with Crippen LogP contribution in [0.5, 0.6) is 0 Å². The van der Waals surface area contributed by atoms with Gasteiger partial charge in [0.2, 0.25) is 4.96 Å². The van der Waals surface area contributed by atoms with Crippen LogP contribution in [0.4, 0.5) is 5.95 Å². The van der Waals surface area contributed by atoms with Crippen molar-refractivity contribution in [1.29, 1.82) is 0 Å². The minimum absolute atomic E-state index is 0.274. The van der Waals surface area contributed by atoms with Crippen LogP contribution in [0.3, 0.4) is 0 Å². The molecule has 0 atom stereocenters. The van der Waals surface area contributed by atoms with E-state index in [1.54, 1.807) is 22.7 Å². The number of aryl methyl sites for hydroxylation is 1. The van der Waals surface area contributed by atoms with Crippen LogP contribution in [0, 0.1) is 6.92 Å². The number of amides is 1. The standard InChI is InChI=1S/C20H15ClN4OS/c1-13-5-8-15(9-6-13)17-12-27-20-23-19(24-25(17)20)22-18(26)10-7-14-3-2-4-16(21)11-14/h2-12H,1H3,(H,22,24,26)/b10-7+. The Balaban J connectivity index is 1.53. The highest BCUT2D eigenvalue weighted by Gasteiger charge is 2.12. The lowest BCUT2D eigenvalue weighted by molar-refractivity contribution is -0.111. The average Bonchev–Trinajstić information content (AvgIpc) is 3.21. The van der Waals surface area contributed by atoms with E-state index in [0.29, 0.717) is 5.02 Å². The Hall–Kier alpha value is -2.96. The summed E-state index contributed by atoms with van der Waals surface area (Å²) in [5.74, 6) is -0.0268. The van der Waals surface area contributed by atoms with Crippen LogP contribution in [0.2, 0.25) is 5.02 Å². The summed E-state index contributed by atoms with van der Waals surface area (Å²) >= 11 is 7.42. The van der Waals surface area contributed by atoms with Crippen molar-refractivity contribution in [3.05, 3.63) is 76.1 Å². The third kappa shape index (κ3) is 3.92. The Morgan fingerprint density at radius 1 is 1.22 bits per heavy atom. The molecular formula is C20H15ClN4OS. The lowest BCUT2D eigenvalue weighted by Crippen LogP contribution is -2.09. The first kappa shape index (κ1) is 17.5. The fraction of sp³-hybridized carbons (Fsp3) is 0.0500. The summed E-state index contributed by atoms with van der Waals surface area (Å²) in [6.07, 6.45) is 3.12. The molecule has 4 rings (SSSR count). The van der Waals surface area contributed by atoms with Gasteiger partial charge in [-0.25, -0.2) is 4.52 Å². The zero-order valence-corrected chi connectivity index (χ0v) is 16.0. The highest BCUT2D eigenvalue weighted by molar-refractivity contribution is 7.15. The van der Waals surface area contributed by atoms with Crippen molar-refractivity contribution in [1.82, 2.24) is 14.6 Å². The number of rotatable bonds is 4. The largest absolute Gasteiger partial charge is 0.290 e. The van der Waals surface area contributed by atoms with Crippen molar-refractivity contribution < 1.29 is 4.79 Å². The Labute approximate surface area is 164 Å². The van der Waals surface area contributed by atoms with Crippen LogP contribution in [0.1, 0.15) is 11.1 Å². The molecule has 1 amide bonds. The maximum atomic E-state index is 12.1. The number of carbonyl (C=O) groups is 1. The second-order valence-electron chi connectivity index (χ2n) is 5.99. The van der Waals surface area contributed by atoms with E-state index >= 15 is 0 Å². The molecule has 0 saturated carbocycles. The maximum absolute atomic E-state index is 12.1. The van der Waals surface area contributed by atoms with Gasteiger partial charge in [0.05, 0.1) is 5.69 Å². The smallest absolute Gasteiger partial charge is 0.250 e. The first-order valence-electron chi connectivity index (χ1n) is 8.24. The second kappa shape index (κ2) is 7.34. The van der Waals surface area contributed by atoms with Gasteiger partial charge in [-0.15, -0.1) is 16.4 Å². The van der Waals surface area contributed by atoms with Gasteiger partial charge in [0.25, 0.3) is 11.9 Å². The summed E-state index contributed by atoms with van der Waals surface area (Å²) < 4.78 is 1.74. The van der Waals surface area contributed by atoms with E-state index in [0.717, 1.165) is 21.8 Å². The van der Waals surface area contributed by atoms with Gasteiger partial charge in [-0.2, -0.15) is 4.98 Å². The minimum Gasteiger partial charge on any atom is -0.290 e. The molecule has 2 heterocycles. The lowest BCUT2D eigenvalue weighted by atomic mass is 10.1. The Kier molecular flexibility index (Phi) is 4.75. The number of hydrogen-bond donors (Lipinski definition) is 1. The number of anilines is 1. The number of carbonyl (C=O) groups excluding carboxylic acids is 1. The Bertz CT molecular complexity index is 1140. The number of nitrogens with one attached hydrogen (secondary N) is 1. The van der Waals surface area contributed by atoms with Gasteiger partial charge in [-0.3, -0.25) is 10.1 Å². The molecule has 0 saturated heterocycles. The molecule has 0 aliphatic rings. The highest BCUT2D eigenvalue weighted by Crippen LogP contribution is 2.26. The van der Waals surface area contributed by atoms with E-state index in [9.17, 15) is 4.79 Å². The molecule has 4 aromatic rings. The van der Waals surface area contributed by atoms with Crippen LogP contribution in [0.25, 0.3) is 22.3 Å². The minimum atomic E-state index is -0.301. The molecule has 0 spiro atoms. The van der Waals surface area contributed by atoms with Gasteiger partial charge in [-0.1, -0.05) is 53.6 Å². The highest BCUT2D eigenvalue weighted by atomic mass is 35.5. The number of hydrogen-bond acceptors (Lipinski definition) is 4.